The maximum atomic E-state index is 4.55. The zero-order valence-electron chi connectivity index (χ0n) is 10.1. The van der Waals surface area contributed by atoms with E-state index in [0.29, 0.717) is 5.92 Å². The molecule has 0 aliphatic rings. The van der Waals surface area contributed by atoms with Crippen LogP contribution >= 0.6 is 0 Å². The van der Waals surface area contributed by atoms with Gasteiger partial charge in [0.1, 0.15) is 5.82 Å². The third-order valence-corrected chi connectivity index (χ3v) is 2.96. The average molecular weight is 215 g/mol. The van der Waals surface area contributed by atoms with E-state index in [0.717, 1.165) is 35.3 Å². The maximum absolute atomic E-state index is 4.55. The van der Waals surface area contributed by atoms with Crippen molar-refractivity contribution in [3.63, 3.8) is 0 Å². The Bertz CT molecular complexity index is 494. The van der Waals surface area contributed by atoms with Crippen molar-refractivity contribution in [1.29, 1.82) is 0 Å². The Morgan fingerprint density at radius 1 is 1.31 bits per heavy atom. The highest BCUT2D eigenvalue weighted by molar-refractivity contribution is 5.79. The minimum absolute atomic E-state index is 0.633. The van der Waals surface area contributed by atoms with Crippen molar-refractivity contribution < 1.29 is 0 Å². The molecule has 2 heterocycles. The highest BCUT2D eigenvalue weighted by Gasteiger charge is 2.07. The molecule has 0 bridgehead atoms. The SMILES string of the molecule is CCC(C)Cc1nc(C)c2ccncc2n1. The molecule has 3 heteroatoms. The van der Waals surface area contributed by atoms with Crippen molar-refractivity contribution in [2.24, 2.45) is 5.92 Å². The van der Waals surface area contributed by atoms with Crippen LogP contribution < -0.4 is 0 Å². The van der Waals surface area contributed by atoms with E-state index in [4.69, 9.17) is 0 Å². The van der Waals surface area contributed by atoms with Gasteiger partial charge >= 0.3 is 0 Å². The Balaban J connectivity index is 2.41. The van der Waals surface area contributed by atoms with E-state index < -0.39 is 0 Å². The van der Waals surface area contributed by atoms with Crippen molar-refractivity contribution in [3.05, 3.63) is 30.0 Å². The zero-order chi connectivity index (χ0) is 11.5. The lowest BCUT2D eigenvalue weighted by atomic mass is 10.0. The van der Waals surface area contributed by atoms with Crippen LogP contribution in [0.15, 0.2) is 18.5 Å². The molecule has 1 atom stereocenters. The molecule has 0 aliphatic carbocycles. The second-order valence-electron chi connectivity index (χ2n) is 4.34. The highest BCUT2D eigenvalue weighted by atomic mass is 14.9. The first-order chi connectivity index (χ1) is 7.70. The van der Waals surface area contributed by atoms with Crippen LogP contribution in [0.5, 0.6) is 0 Å². The lowest BCUT2D eigenvalue weighted by molar-refractivity contribution is 0.544. The van der Waals surface area contributed by atoms with E-state index in [1.54, 1.807) is 6.20 Å². The molecule has 2 aromatic heterocycles. The quantitative estimate of drug-likeness (QED) is 0.790. The minimum Gasteiger partial charge on any atom is -0.262 e. The van der Waals surface area contributed by atoms with Crippen LogP contribution in [0, 0.1) is 12.8 Å². The van der Waals surface area contributed by atoms with Gasteiger partial charge in [-0.15, -0.1) is 0 Å². The smallest absolute Gasteiger partial charge is 0.129 e. The van der Waals surface area contributed by atoms with Crippen molar-refractivity contribution in [2.45, 2.75) is 33.6 Å². The van der Waals surface area contributed by atoms with Crippen LogP contribution in [0.2, 0.25) is 0 Å². The number of aromatic nitrogens is 3. The van der Waals surface area contributed by atoms with E-state index in [-0.39, 0.29) is 0 Å². The number of hydrogen-bond donors (Lipinski definition) is 0. The lowest BCUT2D eigenvalue weighted by Gasteiger charge is -2.08. The van der Waals surface area contributed by atoms with Crippen molar-refractivity contribution in [1.82, 2.24) is 15.0 Å². The normalized spacial score (nSPS) is 12.9. The van der Waals surface area contributed by atoms with Crippen LogP contribution in [-0.2, 0) is 6.42 Å². The fourth-order valence-corrected chi connectivity index (χ4v) is 1.75. The monoisotopic (exact) mass is 215 g/mol. The first-order valence-corrected chi connectivity index (χ1v) is 5.78. The fourth-order valence-electron chi connectivity index (χ4n) is 1.75. The number of fused-ring (bicyclic) bond motifs is 1. The molecule has 2 rings (SSSR count). The maximum Gasteiger partial charge on any atom is 0.129 e. The Labute approximate surface area is 96.0 Å². The van der Waals surface area contributed by atoms with Crippen LogP contribution in [0.4, 0.5) is 0 Å². The van der Waals surface area contributed by atoms with Gasteiger partial charge in [0.05, 0.1) is 11.7 Å². The first kappa shape index (κ1) is 11.0. The van der Waals surface area contributed by atoms with Gasteiger partial charge in [-0.2, -0.15) is 0 Å². The molecule has 0 aromatic carbocycles. The van der Waals surface area contributed by atoms with Gasteiger partial charge < -0.3 is 0 Å². The van der Waals surface area contributed by atoms with Gasteiger partial charge in [-0.3, -0.25) is 4.98 Å². The van der Waals surface area contributed by atoms with E-state index in [9.17, 15) is 0 Å². The molecule has 16 heavy (non-hydrogen) atoms. The van der Waals surface area contributed by atoms with Gasteiger partial charge in [0.15, 0.2) is 0 Å². The molecule has 0 amide bonds. The van der Waals surface area contributed by atoms with Gasteiger partial charge in [-0.25, -0.2) is 9.97 Å². The van der Waals surface area contributed by atoms with E-state index in [1.807, 2.05) is 19.2 Å². The number of pyridine rings is 1. The minimum atomic E-state index is 0.633. The Hall–Kier alpha value is -1.51. The van der Waals surface area contributed by atoms with Crippen molar-refractivity contribution in [3.8, 4) is 0 Å². The molecule has 84 valence electrons. The van der Waals surface area contributed by atoms with Gasteiger partial charge in [0, 0.05) is 23.7 Å². The predicted octanol–water partition coefficient (Wildman–Crippen LogP) is 2.92. The number of aryl methyl sites for hydroxylation is 1. The third kappa shape index (κ3) is 2.18. The standard InChI is InChI=1S/C13H17N3/c1-4-9(2)7-13-15-10(3)11-5-6-14-8-12(11)16-13/h5-6,8-9H,4,7H2,1-3H3. The second-order valence-corrected chi connectivity index (χ2v) is 4.34. The van der Waals surface area contributed by atoms with Gasteiger partial charge in [0.2, 0.25) is 0 Å². The molecule has 0 saturated carbocycles. The molecule has 0 aliphatic heterocycles. The summed E-state index contributed by atoms with van der Waals surface area (Å²) in [6.07, 6.45) is 5.70. The summed E-state index contributed by atoms with van der Waals surface area (Å²) >= 11 is 0. The molecule has 0 radical (unpaired) electrons. The topological polar surface area (TPSA) is 38.7 Å². The second kappa shape index (κ2) is 4.56. The summed E-state index contributed by atoms with van der Waals surface area (Å²) in [5.41, 5.74) is 2.00. The molecule has 3 nitrogen and oxygen atoms in total. The summed E-state index contributed by atoms with van der Waals surface area (Å²) < 4.78 is 0. The predicted molar refractivity (Wildman–Crippen MR) is 65.2 cm³/mol. The largest absolute Gasteiger partial charge is 0.262 e. The van der Waals surface area contributed by atoms with Crippen molar-refractivity contribution >= 4 is 10.9 Å². The molecular weight excluding hydrogens is 198 g/mol. The van der Waals surface area contributed by atoms with Crippen LogP contribution in [-0.4, -0.2) is 15.0 Å². The van der Waals surface area contributed by atoms with Crippen LogP contribution in [0.3, 0.4) is 0 Å². The van der Waals surface area contributed by atoms with Gasteiger partial charge in [0.25, 0.3) is 0 Å². The van der Waals surface area contributed by atoms with Gasteiger partial charge in [-0.05, 0) is 18.9 Å². The third-order valence-electron chi connectivity index (χ3n) is 2.96. The van der Waals surface area contributed by atoms with Crippen LogP contribution in [0.25, 0.3) is 10.9 Å². The Morgan fingerprint density at radius 3 is 2.88 bits per heavy atom. The zero-order valence-corrected chi connectivity index (χ0v) is 10.1. The van der Waals surface area contributed by atoms with Crippen molar-refractivity contribution in [2.75, 3.05) is 0 Å². The van der Waals surface area contributed by atoms with Crippen LogP contribution in [0.1, 0.15) is 31.8 Å². The summed E-state index contributed by atoms with van der Waals surface area (Å²) in [5.74, 6) is 1.57. The molecule has 0 fully saturated rings. The molecule has 1 unspecified atom stereocenters. The molecule has 0 N–H and O–H groups in total. The summed E-state index contributed by atoms with van der Waals surface area (Å²) in [6, 6.07) is 1.97. The molecule has 2 aromatic rings. The average Bonchev–Trinajstić information content (AvgIpc) is 2.29. The Morgan fingerprint density at radius 2 is 2.12 bits per heavy atom. The van der Waals surface area contributed by atoms with E-state index in [1.165, 1.54) is 0 Å². The molecule has 0 spiro atoms. The summed E-state index contributed by atoms with van der Waals surface area (Å²) in [7, 11) is 0. The summed E-state index contributed by atoms with van der Waals surface area (Å²) in [5, 5.41) is 1.10. The Kier molecular flexibility index (Phi) is 3.13. The fraction of sp³-hybridized carbons (Fsp3) is 0.462. The van der Waals surface area contributed by atoms with E-state index >= 15 is 0 Å². The summed E-state index contributed by atoms with van der Waals surface area (Å²) in [6.45, 7) is 6.45. The van der Waals surface area contributed by atoms with E-state index in [2.05, 4.69) is 28.8 Å². The summed E-state index contributed by atoms with van der Waals surface area (Å²) in [4.78, 5) is 13.2. The highest BCUT2D eigenvalue weighted by Crippen LogP contribution is 2.15. The van der Waals surface area contributed by atoms with Gasteiger partial charge in [-0.1, -0.05) is 20.3 Å². The number of nitrogens with zero attached hydrogens (tertiary/aromatic N) is 3. The number of hydrogen-bond acceptors (Lipinski definition) is 3. The number of rotatable bonds is 3. The molecule has 0 saturated heterocycles. The first-order valence-electron chi connectivity index (χ1n) is 5.78. The lowest BCUT2D eigenvalue weighted by Crippen LogP contribution is -2.04. The molecular formula is C13H17N3.